The first-order valence-corrected chi connectivity index (χ1v) is 14.2. The minimum absolute atomic E-state index is 0.00899. The number of phenolic OH excluding ortho intramolecular Hbond substituents is 2. The Bertz CT molecular complexity index is 884. The first kappa shape index (κ1) is 23.6. The van der Waals surface area contributed by atoms with Crippen LogP contribution in [0.1, 0.15) is 56.5 Å². The molecule has 0 radical (unpaired) electrons. The summed E-state index contributed by atoms with van der Waals surface area (Å²) in [5.74, 6) is 0.569. The monoisotopic (exact) mass is 443 g/mol. The average Bonchev–Trinajstić information content (AvgIpc) is 3.33. The molecule has 1 unspecified atom stereocenters. The second kappa shape index (κ2) is 8.83. The van der Waals surface area contributed by atoms with Crippen molar-refractivity contribution in [3.8, 4) is 11.5 Å². The van der Waals surface area contributed by atoms with E-state index in [9.17, 15) is 15.0 Å². The molecule has 31 heavy (non-hydrogen) atoms. The summed E-state index contributed by atoms with van der Waals surface area (Å²) >= 11 is 0. The van der Waals surface area contributed by atoms with Crippen molar-refractivity contribution >= 4 is 14.2 Å². The van der Waals surface area contributed by atoms with Crippen molar-refractivity contribution in [1.82, 2.24) is 5.32 Å². The van der Waals surface area contributed by atoms with Crippen molar-refractivity contribution in [2.45, 2.75) is 77.2 Å². The van der Waals surface area contributed by atoms with Gasteiger partial charge in [0.25, 0.3) is 5.91 Å². The van der Waals surface area contributed by atoms with Crippen molar-refractivity contribution in [1.29, 1.82) is 0 Å². The molecule has 1 saturated carbocycles. The van der Waals surface area contributed by atoms with E-state index in [1.165, 1.54) is 6.07 Å². The number of fused-ring (bicyclic) bond motifs is 2. The summed E-state index contributed by atoms with van der Waals surface area (Å²) in [6.45, 7) is 13.0. The molecule has 1 aromatic carbocycles. The van der Waals surface area contributed by atoms with Crippen LogP contribution in [-0.2, 0) is 10.8 Å². The van der Waals surface area contributed by atoms with E-state index in [2.05, 4.69) is 51.3 Å². The third-order valence-electron chi connectivity index (χ3n) is 6.89. The Hall–Kier alpha value is -2.05. The van der Waals surface area contributed by atoms with Gasteiger partial charge in [0.05, 0.1) is 11.7 Å². The molecule has 1 amide bonds. The van der Waals surface area contributed by atoms with Gasteiger partial charge in [-0.1, -0.05) is 45.1 Å². The van der Waals surface area contributed by atoms with Gasteiger partial charge in [-0.2, -0.15) is 0 Å². The molecule has 4 atom stereocenters. The van der Waals surface area contributed by atoms with E-state index in [-0.39, 0.29) is 40.2 Å². The number of nitrogens with one attached hydrogen (secondary N) is 1. The second-order valence-corrected chi connectivity index (χ2v) is 15.4. The van der Waals surface area contributed by atoms with Crippen molar-refractivity contribution < 1.29 is 19.4 Å². The molecule has 6 heteroatoms. The molecule has 0 saturated heterocycles. The number of carbonyl (C=O) groups excluding carboxylic acids is 1. The molecule has 2 aliphatic rings. The molecule has 1 heterocycles. The van der Waals surface area contributed by atoms with Crippen LogP contribution in [0.25, 0.3) is 0 Å². The highest BCUT2D eigenvalue weighted by atomic mass is 28.4. The van der Waals surface area contributed by atoms with Crippen molar-refractivity contribution in [3.05, 3.63) is 47.6 Å². The summed E-state index contributed by atoms with van der Waals surface area (Å²) in [5.41, 5.74) is 0.808. The molecule has 5 nitrogen and oxygen atoms in total. The molecule has 0 aromatic heterocycles. The van der Waals surface area contributed by atoms with Crippen molar-refractivity contribution in [2.75, 3.05) is 0 Å². The van der Waals surface area contributed by atoms with E-state index in [0.29, 0.717) is 23.8 Å². The summed E-state index contributed by atoms with van der Waals surface area (Å²) in [6, 6.07) is 2.80. The Morgan fingerprint density at radius 3 is 2.45 bits per heavy atom. The Kier molecular flexibility index (Phi) is 6.72. The SMILES string of the molecule is C[C@@H]1C[C@H]2C[C@@H]2/C=C/C=C\C(O[Si](C)(C)C(C)(C)C)Cc2cc(O)cc(O)c2C(=O)N1. The molecule has 1 fully saturated rings. The van der Waals surface area contributed by atoms with E-state index in [1.54, 1.807) is 6.07 Å². The van der Waals surface area contributed by atoms with E-state index in [1.807, 2.05) is 19.1 Å². The van der Waals surface area contributed by atoms with Crippen molar-refractivity contribution in [3.63, 3.8) is 0 Å². The number of hydrogen-bond acceptors (Lipinski definition) is 4. The fourth-order valence-corrected chi connectivity index (χ4v) is 5.27. The third-order valence-corrected chi connectivity index (χ3v) is 11.4. The van der Waals surface area contributed by atoms with Crippen LogP contribution in [0.2, 0.25) is 18.1 Å². The van der Waals surface area contributed by atoms with Gasteiger partial charge in [0.15, 0.2) is 8.32 Å². The van der Waals surface area contributed by atoms with Gasteiger partial charge in [-0.15, -0.1) is 0 Å². The Morgan fingerprint density at radius 2 is 1.77 bits per heavy atom. The van der Waals surface area contributed by atoms with Crippen LogP contribution in [-0.4, -0.2) is 36.6 Å². The number of allylic oxidation sites excluding steroid dienone is 3. The lowest BCUT2D eigenvalue weighted by Crippen LogP contribution is -2.44. The van der Waals surface area contributed by atoms with Crippen LogP contribution < -0.4 is 5.32 Å². The van der Waals surface area contributed by atoms with Gasteiger partial charge in [0, 0.05) is 18.5 Å². The highest BCUT2D eigenvalue weighted by Gasteiger charge is 2.39. The number of aromatic hydroxyl groups is 2. The molecule has 1 aromatic rings. The molecule has 1 aliphatic heterocycles. The zero-order valence-electron chi connectivity index (χ0n) is 19.6. The van der Waals surface area contributed by atoms with Crippen molar-refractivity contribution in [2.24, 2.45) is 11.8 Å². The molecule has 0 bridgehead atoms. The van der Waals surface area contributed by atoms with Gasteiger partial charge in [0.1, 0.15) is 11.5 Å². The van der Waals surface area contributed by atoms with E-state index >= 15 is 0 Å². The maximum absolute atomic E-state index is 13.1. The lowest BCUT2D eigenvalue weighted by molar-refractivity contribution is 0.0933. The molecule has 0 spiro atoms. The zero-order chi connectivity index (χ0) is 23.0. The van der Waals surface area contributed by atoms with E-state index < -0.39 is 8.32 Å². The topological polar surface area (TPSA) is 78.8 Å². The highest BCUT2D eigenvalue weighted by Crippen LogP contribution is 2.43. The minimum atomic E-state index is -2.08. The Labute approximate surface area is 187 Å². The average molecular weight is 444 g/mol. The number of benzene rings is 1. The largest absolute Gasteiger partial charge is 0.508 e. The molecular weight excluding hydrogens is 406 g/mol. The predicted octanol–water partition coefficient (Wildman–Crippen LogP) is 5.30. The lowest BCUT2D eigenvalue weighted by atomic mass is 9.98. The highest BCUT2D eigenvalue weighted by molar-refractivity contribution is 6.74. The number of hydrogen-bond donors (Lipinski definition) is 3. The number of rotatable bonds is 2. The van der Waals surface area contributed by atoms with Gasteiger partial charge in [-0.3, -0.25) is 4.79 Å². The normalized spacial score (nSPS) is 29.2. The summed E-state index contributed by atoms with van der Waals surface area (Å²) in [4.78, 5) is 13.1. The van der Waals surface area contributed by atoms with Crippen LogP contribution in [0, 0.1) is 11.8 Å². The molecular formula is C25H37NO4Si. The van der Waals surface area contributed by atoms with Gasteiger partial charge in [-0.25, -0.2) is 0 Å². The molecule has 3 N–H and O–H groups in total. The predicted molar refractivity (Wildman–Crippen MR) is 127 cm³/mol. The first-order chi connectivity index (χ1) is 14.4. The number of carbonyl (C=O) groups is 1. The fraction of sp³-hybridized carbons (Fsp3) is 0.560. The van der Waals surface area contributed by atoms with E-state index in [0.717, 1.165) is 12.8 Å². The van der Waals surface area contributed by atoms with E-state index in [4.69, 9.17) is 4.43 Å². The van der Waals surface area contributed by atoms with Gasteiger partial charge in [-0.05, 0) is 61.4 Å². The maximum atomic E-state index is 13.1. The smallest absolute Gasteiger partial charge is 0.255 e. The summed E-state index contributed by atoms with van der Waals surface area (Å²) in [5, 5.41) is 23.7. The first-order valence-electron chi connectivity index (χ1n) is 11.3. The Morgan fingerprint density at radius 1 is 1.10 bits per heavy atom. The molecule has 170 valence electrons. The summed E-state index contributed by atoms with van der Waals surface area (Å²) < 4.78 is 6.66. The zero-order valence-corrected chi connectivity index (χ0v) is 20.6. The van der Waals surface area contributed by atoms with Gasteiger partial charge < -0.3 is 20.0 Å². The summed E-state index contributed by atoms with van der Waals surface area (Å²) in [7, 11) is -2.08. The van der Waals surface area contributed by atoms with Crippen LogP contribution in [0.15, 0.2) is 36.4 Å². The standard InChI is InChI=1S/C25H37NO4Si/c1-16-11-18-12-17(18)9-7-8-10-21(30-31(5,6)25(2,3)4)14-19-13-20(27)15-22(28)23(19)24(29)26-16/h7-10,13,15-18,21,27-28H,11-12,14H2,1-6H3,(H,26,29)/b9-7+,10-8-/t16-,17+,18+,21?/m1/s1. The van der Waals surface area contributed by atoms with Crippen LogP contribution in [0.4, 0.5) is 0 Å². The minimum Gasteiger partial charge on any atom is -0.508 e. The summed E-state index contributed by atoms with van der Waals surface area (Å²) in [6.07, 6.45) is 10.6. The number of amides is 1. The van der Waals surface area contributed by atoms with Crippen LogP contribution >= 0.6 is 0 Å². The number of phenols is 2. The molecule has 3 rings (SSSR count). The molecule has 1 aliphatic carbocycles. The third kappa shape index (κ3) is 5.80. The van der Waals surface area contributed by atoms with Crippen LogP contribution in [0.3, 0.4) is 0 Å². The van der Waals surface area contributed by atoms with Gasteiger partial charge >= 0.3 is 0 Å². The second-order valence-electron chi connectivity index (χ2n) is 10.7. The van der Waals surface area contributed by atoms with Crippen LogP contribution in [0.5, 0.6) is 11.5 Å². The lowest BCUT2D eigenvalue weighted by Gasteiger charge is -2.38. The Balaban J connectivity index is 2.00. The maximum Gasteiger partial charge on any atom is 0.255 e. The fourth-order valence-electron chi connectivity index (χ4n) is 3.99. The van der Waals surface area contributed by atoms with Gasteiger partial charge in [0.2, 0.25) is 0 Å². The quantitative estimate of drug-likeness (QED) is 0.542.